The van der Waals surface area contributed by atoms with E-state index >= 15 is 0 Å². The van der Waals surface area contributed by atoms with Crippen LogP contribution in [0.2, 0.25) is 5.02 Å². The lowest BCUT2D eigenvalue weighted by Crippen LogP contribution is -2.51. The summed E-state index contributed by atoms with van der Waals surface area (Å²) in [6, 6.07) is 9.90. The molecule has 1 aliphatic rings. The minimum Gasteiger partial charge on any atom is -0.444 e. The third kappa shape index (κ3) is 9.41. The van der Waals surface area contributed by atoms with Crippen molar-refractivity contribution in [2.24, 2.45) is 0 Å². The Hall–Kier alpha value is -2.78. The normalized spacial score (nSPS) is 16.2. The number of alkyl halides is 3. The highest BCUT2D eigenvalue weighted by Gasteiger charge is 2.35. The Morgan fingerprint density at radius 2 is 1.77 bits per heavy atom. The van der Waals surface area contributed by atoms with Gasteiger partial charge in [0.25, 0.3) is 0 Å². The molecule has 0 spiro atoms. The number of ether oxygens (including phenoxy) is 1. The lowest BCUT2D eigenvalue weighted by Gasteiger charge is -2.35. The van der Waals surface area contributed by atoms with Crippen LogP contribution in [0.3, 0.4) is 0 Å². The van der Waals surface area contributed by atoms with E-state index in [0.29, 0.717) is 36.8 Å². The minimum atomic E-state index is -4.36. The average molecular weight is 582 g/mol. The number of halogens is 4. The summed E-state index contributed by atoms with van der Waals surface area (Å²) in [6.45, 7) is 9.66. The van der Waals surface area contributed by atoms with Gasteiger partial charge in [0, 0.05) is 30.3 Å². The van der Waals surface area contributed by atoms with Crippen molar-refractivity contribution in [2.45, 2.75) is 90.7 Å². The molecule has 1 fully saturated rings. The molecule has 1 aliphatic heterocycles. The molecule has 1 saturated heterocycles. The van der Waals surface area contributed by atoms with Gasteiger partial charge >= 0.3 is 12.3 Å². The van der Waals surface area contributed by atoms with Crippen LogP contribution < -0.4 is 5.32 Å². The van der Waals surface area contributed by atoms with Gasteiger partial charge in [-0.2, -0.15) is 13.2 Å². The standard InChI is InChI=1S/C30H39ClF3N3O3/c1-5-6-16-36(19-21-10-13-23(14-11-21)30(32,33)34)20-22-12-15-24(18-25(22)31)35-27(38)26-9-7-8-17-37(26)28(39)40-29(2,3)4/h10-15,18,26H,5-9,16-17,19-20H2,1-4H3,(H,35,38)/t26-/m1/s1. The number of anilines is 1. The van der Waals surface area contributed by atoms with Crippen molar-refractivity contribution in [3.8, 4) is 0 Å². The SMILES string of the molecule is CCCCN(Cc1ccc(C(F)(F)F)cc1)Cc1ccc(NC(=O)[C@H]2CCCCN2C(=O)OC(C)(C)C)cc1Cl. The number of hydrogen-bond acceptors (Lipinski definition) is 4. The van der Waals surface area contributed by atoms with Gasteiger partial charge in [0.1, 0.15) is 11.6 Å². The third-order valence-electron chi connectivity index (χ3n) is 6.66. The lowest BCUT2D eigenvalue weighted by atomic mass is 10.0. The number of unbranched alkanes of at least 4 members (excludes halogenated alkanes) is 1. The first kappa shape index (κ1) is 31.7. The van der Waals surface area contributed by atoms with E-state index in [2.05, 4.69) is 17.1 Å². The van der Waals surface area contributed by atoms with Crippen LogP contribution in [0.4, 0.5) is 23.7 Å². The van der Waals surface area contributed by atoms with Crippen LogP contribution in [0, 0.1) is 0 Å². The molecule has 1 N–H and O–H groups in total. The minimum absolute atomic E-state index is 0.291. The monoisotopic (exact) mass is 581 g/mol. The van der Waals surface area contributed by atoms with Gasteiger partial charge in [-0.15, -0.1) is 0 Å². The van der Waals surface area contributed by atoms with Crippen molar-refractivity contribution in [3.63, 3.8) is 0 Å². The summed E-state index contributed by atoms with van der Waals surface area (Å²) in [5, 5.41) is 3.37. The van der Waals surface area contributed by atoms with E-state index in [1.54, 1.807) is 32.9 Å². The quantitative estimate of drug-likeness (QED) is 0.327. The molecule has 0 aromatic heterocycles. The second-order valence-electron chi connectivity index (χ2n) is 11.2. The number of nitrogens with zero attached hydrogens (tertiary/aromatic N) is 2. The van der Waals surface area contributed by atoms with Gasteiger partial charge < -0.3 is 10.1 Å². The van der Waals surface area contributed by atoms with E-state index in [0.717, 1.165) is 55.5 Å². The number of likely N-dealkylation sites (tertiary alicyclic amines) is 1. The Bertz CT molecular complexity index is 1150. The molecule has 0 aliphatic carbocycles. The summed E-state index contributed by atoms with van der Waals surface area (Å²) in [4.78, 5) is 29.5. The van der Waals surface area contributed by atoms with Crippen molar-refractivity contribution in [1.82, 2.24) is 9.80 Å². The maximum Gasteiger partial charge on any atom is 0.416 e. The predicted molar refractivity (Wildman–Crippen MR) is 151 cm³/mol. The second-order valence-corrected chi connectivity index (χ2v) is 11.6. The molecular formula is C30H39ClF3N3O3. The summed E-state index contributed by atoms with van der Waals surface area (Å²) in [5.74, 6) is -0.291. The topological polar surface area (TPSA) is 61.9 Å². The largest absolute Gasteiger partial charge is 0.444 e. The van der Waals surface area contributed by atoms with Gasteiger partial charge in [0.15, 0.2) is 0 Å². The number of amides is 2. The smallest absolute Gasteiger partial charge is 0.416 e. The van der Waals surface area contributed by atoms with E-state index in [9.17, 15) is 22.8 Å². The molecule has 2 aromatic rings. The molecule has 0 saturated carbocycles. The maximum absolute atomic E-state index is 13.1. The van der Waals surface area contributed by atoms with Crippen molar-refractivity contribution < 1.29 is 27.5 Å². The Balaban J connectivity index is 1.67. The molecule has 10 heteroatoms. The fraction of sp³-hybridized carbons (Fsp3) is 0.533. The van der Waals surface area contributed by atoms with E-state index in [-0.39, 0.29) is 5.91 Å². The van der Waals surface area contributed by atoms with Crippen LogP contribution in [0.25, 0.3) is 0 Å². The number of carbonyl (C=O) groups excluding carboxylic acids is 2. The van der Waals surface area contributed by atoms with E-state index in [1.165, 1.54) is 17.0 Å². The fourth-order valence-electron chi connectivity index (χ4n) is 4.62. The Morgan fingerprint density at radius 3 is 2.38 bits per heavy atom. The highest BCUT2D eigenvalue weighted by Crippen LogP contribution is 2.30. The molecule has 0 bridgehead atoms. The molecule has 2 aromatic carbocycles. The number of nitrogens with one attached hydrogen (secondary N) is 1. The van der Waals surface area contributed by atoms with Crippen LogP contribution in [0.1, 0.15) is 76.5 Å². The van der Waals surface area contributed by atoms with Gasteiger partial charge in [-0.3, -0.25) is 14.6 Å². The molecule has 220 valence electrons. The molecule has 0 unspecified atom stereocenters. The Labute approximate surface area is 239 Å². The third-order valence-corrected chi connectivity index (χ3v) is 7.02. The first-order valence-corrected chi connectivity index (χ1v) is 14.1. The molecule has 2 amide bonds. The van der Waals surface area contributed by atoms with Crippen LogP contribution in [-0.4, -0.2) is 46.5 Å². The summed E-state index contributed by atoms with van der Waals surface area (Å²) < 4.78 is 44.3. The highest BCUT2D eigenvalue weighted by atomic mass is 35.5. The fourth-order valence-corrected chi connectivity index (χ4v) is 4.86. The van der Waals surface area contributed by atoms with Gasteiger partial charge in [-0.1, -0.05) is 43.1 Å². The average Bonchev–Trinajstić information content (AvgIpc) is 2.87. The predicted octanol–water partition coefficient (Wildman–Crippen LogP) is 7.89. The molecule has 40 heavy (non-hydrogen) atoms. The number of piperidine rings is 1. The van der Waals surface area contributed by atoms with Crippen LogP contribution >= 0.6 is 11.6 Å². The zero-order chi connectivity index (χ0) is 29.5. The van der Waals surface area contributed by atoms with E-state index in [1.807, 2.05) is 6.07 Å². The molecule has 1 heterocycles. The van der Waals surface area contributed by atoms with Crippen molar-refractivity contribution >= 4 is 29.3 Å². The summed E-state index contributed by atoms with van der Waals surface area (Å²) in [5.41, 5.74) is 0.828. The van der Waals surface area contributed by atoms with E-state index < -0.39 is 29.5 Å². The van der Waals surface area contributed by atoms with Gasteiger partial charge in [0.05, 0.1) is 5.56 Å². The Kier molecular flexibility index (Phi) is 10.9. The van der Waals surface area contributed by atoms with Crippen LogP contribution in [0.15, 0.2) is 42.5 Å². The highest BCUT2D eigenvalue weighted by molar-refractivity contribution is 6.31. The van der Waals surface area contributed by atoms with Crippen molar-refractivity contribution in [3.05, 3.63) is 64.2 Å². The maximum atomic E-state index is 13.1. The summed E-state index contributed by atoms with van der Waals surface area (Å²) in [6.07, 6.45) is -0.760. The number of hydrogen-bond donors (Lipinski definition) is 1. The molecule has 1 atom stereocenters. The first-order valence-electron chi connectivity index (χ1n) is 13.7. The molecule has 6 nitrogen and oxygen atoms in total. The van der Waals surface area contributed by atoms with Crippen molar-refractivity contribution in [2.75, 3.05) is 18.4 Å². The number of carbonyl (C=O) groups is 2. The van der Waals surface area contributed by atoms with Gasteiger partial charge in [-0.25, -0.2) is 4.79 Å². The summed E-state index contributed by atoms with van der Waals surface area (Å²) >= 11 is 6.61. The molecular weight excluding hydrogens is 543 g/mol. The van der Waals surface area contributed by atoms with Crippen LogP contribution in [0.5, 0.6) is 0 Å². The number of rotatable bonds is 9. The van der Waals surface area contributed by atoms with Crippen LogP contribution in [-0.2, 0) is 28.8 Å². The summed E-state index contributed by atoms with van der Waals surface area (Å²) in [7, 11) is 0. The lowest BCUT2D eigenvalue weighted by molar-refractivity contribution is -0.137. The first-order chi connectivity index (χ1) is 18.8. The van der Waals surface area contributed by atoms with Crippen molar-refractivity contribution in [1.29, 1.82) is 0 Å². The number of benzene rings is 2. The molecule has 3 rings (SSSR count). The van der Waals surface area contributed by atoms with Gasteiger partial charge in [-0.05, 0) is 88.4 Å². The zero-order valence-corrected chi connectivity index (χ0v) is 24.4. The van der Waals surface area contributed by atoms with E-state index in [4.69, 9.17) is 16.3 Å². The molecule has 0 radical (unpaired) electrons. The second kappa shape index (κ2) is 13.7. The zero-order valence-electron chi connectivity index (χ0n) is 23.6. The van der Waals surface area contributed by atoms with Gasteiger partial charge in [0.2, 0.25) is 5.91 Å². The Morgan fingerprint density at radius 1 is 1.07 bits per heavy atom.